The number of nitrogens with one attached hydrogen (secondary N) is 1. The molecular weight excluding hydrogens is 266 g/mol. The molecule has 1 aromatic heterocycles. The second-order valence-electron chi connectivity index (χ2n) is 4.87. The van der Waals surface area contributed by atoms with Crippen LogP contribution in [0, 0.1) is 0 Å². The fourth-order valence-electron chi connectivity index (χ4n) is 1.99. The lowest BCUT2D eigenvalue weighted by Crippen LogP contribution is -2.42. The molecule has 110 valence electrons. The SMILES string of the molecule is N[C@H](Cc1ccc(O)cc1)C(=O)NCCc1ccncc1. The van der Waals surface area contributed by atoms with Crippen molar-refractivity contribution in [1.29, 1.82) is 0 Å². The number of nitrogens with two attached hydrogens (primary N) is 1. The van der Waals surface area contributed by atoms with E-state index in [0.29, 0.717) is 13.0 Å². The minimum absolute atomic E-state index is 0.169. The molecule has 0 fully saturated rings. The largest absolute Gasteiger partial charge is 0.508 e. The maximum atomic E-state index is 11.9. The van der Waals surface area contributed by atoms with Crippen LogP contribution in [0.25, 0.3) is 0 Å². The Morgan fingerprint density at radius 1 is 1.14 bits per heavy atom. The van der Waals surface area contributed by atoms with Gasteiger partial charge >= 0.3 is 0 Å². The van der Waals surface area contributed by atoms with Crippen LogP contribution in [0.4, 0.5) is 0 Å². The monoisotopic (exact) mass is 285 g/mol. The Morgan fingerprint density at radius 3 is 2.48 bits per heavy atom. The minimum atomic E-state index is -0.591. The van der Waals surface area contributed by atoms with Crippen molar-refractivity contribution in [3.05, 3.63) is 59.9 Å². The van der Waals surface area contributed by atoms with Crippen molar-refractivity contribution in [3.8, 4) is 5.75 Å². The van der Waals surface area contributed by atoms with E-state index < -0.39 is 6.04 Å². The molecule has 2 aromatic rings. The number of hydrogen-bond acceptors (Lipinski definition) is 4. The van der Waals surface area contributed by atoms with Crippen LogP contribution in [0.2, 0.25) is 0 Å². The first-order valence-electron chi connectivity index (χ1n) is 6.85. The Labute approximate surface area is 123 Å². The van der Waals surface area contributed by atoms with Gasteiger partial charge in [0, 0.05) is 18.9 Å². The number of aromatic nitrogens is 1. The quantitative estimate of drug-likeness (QED) is 0.739. The number of phenolic OH excluding ortho intramolecular Hbond substituents is 1. The van der Waals surface area contributed by atoms with E-state index in [4.69, 9.17) is 5.73 Å². The summed E-state index contributed by atoms with van der Waals surface area (Å²) < 4.78 is 0. The number of carbonyl (C=O) groups is 1. The van der Waals surface area contributed by atoms with Crippen LogP contribution in [0.1, 0.15) is 11.1 Å². The molecule has 0 bridgehead atoms. The van der Waals surface area contributed by atoms with Gasteiger partial charge in [0.15, 0.2) is 0 Å². The number of benzene rings is 1. The number of carbonyl (C=O) groups excluding carboxylic acids is 1. The fourth-order valence-corrected chi connectivity index (χ4v) is 1.99. The van der Waals surface area contributed by atoms with E-state index in [1.807, 2.05) is 12.1 Å². The third kappa shape index (κ3) is 4.89. The molecule has 5 nitrogen and oxygen atoms in total. The molecule has 1 aromatic carbocycles. The summed E-state index contributed by atoms with van der Waals surface area (Å²) in [4.78, 5) is 15.9. The normalized spacial score (nSPS) is 11.9. The van der Waals surface area contributed by atoms with Gasteiger partial charge in [0.25, 0.3) is 0 Å². The molecule has 4 N–H and O–H groups in total. The summed E-state index contributed by atoms with van der Waals surface area (Å²) in [6.45, 7) is 0.548. The molecule has 0 unspecified atom stereocenters. The van der Waals surface area contributed by atoms with E-state index in [-0.39, 0.29) is 11.7 Å². The molecule has 5 heteroatoms. The topological polar surface area (TPSA) is 88.2 Å². The third-order valence-electron chi connectivity index (χ3n) is 3.19. The van der Waals surface area contributed by atoms with E-state index in [9.17, 15) is 9.90 Å². The molecule has 21 heavy (non-hydrogen) atoms. The van der Waals surface area contributed by atoms with Crippen LogP contribution in [-0.4, -0.2) is 28.6 Å². The van der Waals surface area contributed by atoms with Gasteiger partial charge in [-0.2, -0.15) is 0 Å². The van der Waals surface area contributed by atoms with E-state index in [1.165, 1.54) is 0 Å². The van der Waals surface area contributed by atoms with Gasteiger partial charge in [-0.05, 0) is 48.2 Å². The molecular formula is C16H19N3O2. The van der Waals surface area contributed by atoms with Crippen LogP contribution < -0.4 is 11.1 Å². The van der Waals surface area contributed by atoms with Crippen LogP contribution in [0.5, 0.6) is 5.75 Å². The average molecular weight is 285 g/mol. The summed E-state index contributed by atoms with van der Waals surface area (Å²) in [6.07, 6.45) is 4.66. The lowest BCUT2D eigenvalue weighted by atomic mass is 10.1. The summed E-state index contributed by atoms with van der Waals surface area (Å²) in [5, 5.41) is 12.0. The van der Waals surface area contributed by atoms with Gasteiger partial charge < -0.3 is 16.2 Å². The second kappa shape index (κ2) is 7.40. The molecule has 0 aliphatic rings. The third-order valence-corrected chi connectivity index (χ3v) is 3.19. The van der Waals surface area contributed by atoms with Crippen LogP contribution in [0.3, 0.4) is 0 Å². The highest BCUT2D eigenvalue weighted by Crippen LogP contribution is 2.10. The van der Waals surface area contributed by atoms with Crippen molar-refractivity contribution in [1.82, 2.24) is 10.3 Å². The maximum absolute atomic E-state index is 11.9. The first kappa shape index (κ1) is 15.0. The Balaban J connectivity index is 1.76. The molecule has 0 radical (unpaired) electrons. The predicted molar refractivity (Wildman–Crippen MR) is 80.7 cm³/mol. The Bertz CT molecular complexity index is 570. The predicted octanol–water partition coefficient (Wildman–Crippen LogP) is 1.02. The zero-order valence-electron chi connectivity index (χ0n) is 11.7. The Hall–Kier alpha value is -2.40. The van der Waals surface area contributed by atoms with Gasteiger partial charge in [-0.3, -0.25) is 9.78 Å². The van der Waals surface area contributed by atoms with Gasteiger partial charge in [-0.1, -0.05) is 12.1 Å². The molecule has 1 amide bonds. The van der Waals surface area contributed by atoms with Crippen molar-refractivity contribution in [2.75, 3.05) is 6.54 Å². The first-order chi connectivity index (χ1) is 10.1. The molecule has 2 rings (SSSR count). The number of nitrogens with zero attached hydrogens (tertiary/aromatic N) is 1. The highest BCUT2D eigenvalue weighted by molar-refractivity contribution is 5.81. The van der Waals surface area contributed by atoms with E-state index in [0.717, 1.165) is 17.5 Å². The van der Waals surface area contributed by atoms with Crippen molar-refractivity contribution in [3.63, 3.8) is 0 Å². The van der Waals surface area contributed by atoms with Gasteiger partial charge in [-0.25, -0.2) is 0 Å². The average Bonchev–Trinajstić information content (AvgIpc) is 2.50. The number of amides is 1. The number of pyridine rings is 1. The molecule has 0 saturated carbocycles. The van der Waals surface area contributed by atoms with Crippen LogP contribution >= 0.6 is 0 Å². The lowest BCUT2D eigenvalue weighted by molar-refractivity contribution is -0.122. The molecule has 0 aliphatic carbocycles. The number of phenols is 1. The van der Waals surface area contributed by atoms with Crippen molar-refractivity contribution >= 4 is 5.91 Å². The summed E-state index contributed by atoms with van der Waals surface area (Å²) in [5.74, 6) is 0.0336. The van der Waals surface area contributed by atoms with Crippen molar-refractivity contribution in [2.24, 2.45) is 5.73 Å². The second-order valence-corrected chi connectivity index (χ2v) is 4.87. The summed E-state index contributed by atoms with van der Waals surface area (Å²) in [5.41, 5.74) is 7.93. The standard InChI is InChI=1S/C16H19N3O2/c17-15(11-13-1-3-14(20)4-2-13)16(21)19-10-7-12-5-8-18-9-6-12/h1-6,8-9,15,20H,7,10-11,17H2,(H,19,21)/t15-/m1/s1. The maximum Gasteiger partial charge on any atom is 0.237 e. The van der Waals surface area contributed by atoms with Crippen LogP contribution in [0.15, 0.2) is 48.8 Å². The van der Waals surface area contributed by atoms with E-state index in [1.54, 1.807) is 36.7 Å². The van der Waals surface area contributed by atoms with Gasteiger partial charge in [0.05, 0.1) is 6.04 Å². The van der Waals surface area contributed by atoms with E-state index >= 15 is 0 Å². The van der Waals surface area contributed by atoms with Crippen LogP contribution in [-0.2, 0) is 17.6 Å². The number of rotatable bonds is 6. The highest BCUT2D eigenvalue weighted by atomic mass is 16.3. The molecule has 0 spiro atoms. The number of aromatic hydroxyl groups is 1. The smallest absolute Gasteiger partial charge is 0.237 e. The lowest BCUT2D eigenvalue weighted by Gasteiger charge is -2.12. The zero-order valence-corrected chi connectivity index (χ0v) is 11.7. The van der Waals surface area contributed by atoms with Crippen molar-refractivity contribution < 1.29 is 9.90 Å². The first-order valence-corrected chi connectivity index (χ1v) is 6.85. The Kier molecular flexibility index (Phi) is 5.29. The number of hydrogen-bond donors (Lipinski definition) is 3. The van der Waals surface area contributed by atoms with Gasteiger partial charge in [0.2, 0.25) is 5.91 Å². The Morgan fingerprint density at radius 2 is 1.81 bits per heavy atom. The molecule has 0 aliphatic heterocycles. The van der Waals surface area contributed by atoms with E-state index in [2.05, 4.69) is 10.3 Å². The van der Waals surface area contributed by atoms with Gasteiger partial charge in [-0.15, -0.1) is 0 Å². The zero-order chi connectivity index (χ0) is 15.1. The van der Waals surface area contributed by atoms with Crippen molar-refractivity contribution in [2.45, 2.75) is 18.9 Å². The fraction of sp³-hybridized carbons (Fsp3) is 0.250. The molecule has 1 atom stereocenters. The summed E-state index contributed by atoms with van der Waals surface area (Å²) >= 11 is 0. The highest BCUT2D eigenvalue weighted by Gasteiger charge is 2.13. The molecule has 0 saturated heterocycles. The molecule has 1 heterocycles. The summed E-state index contributed by atoms with van der Waals surface area (Å²) in [6, 6.07) is 9.95. The van der Waals surface area contributed by atoms with Gasteiger partial charge in [0.1, 0.15) is 5.75 Å². The summed E-state index contributed by atoms with van der Waals surface area (Å²) in [7, 11) is 0. The minimum Gasteiger partial charge on any atom is -0.508 e.